The van der Waals surface area contributed by atoms with Crippen molar-refractivity contribution in [2.75, 3.05) is 6.61 Å². The average Bonchev–Trinajstić information content (AvgIpc) is 2.17. The number of para-hydroxylation sites is 2. The molecule has 0 bridgehead atoms. The molecule has 0 saturated carbocycles. The molecule has 0 amide bonds. The Hall–Kier alpha value is -1.71. The second-order valence-electron chi connectivity index (χ2n) is 3.07. The molecule has 0 aliphatic carbocycles. The van der Waals surface area contributed by atoms with Crippen LogP contribution in [0.1, 0.15) is 6.42 Å². The van der Waals surface area contributed by atoms with Gasteiger partial charge < -0.3 is 19.4 Å². The van der Waals surface area contributed by atoms with E-state index in [1.165, 1.54) is 0 Å². The average molecular weight is 193 g/mol. The fourth-order valence-corrected chi connectivity index (χ4v) is 1.35. The maximum atomic E-state index is 10.3. The molecule has 4 heteroatoms. The fraction of sp³-hybridized carbons (Fsp3) is 0.300. The third-order valence-electron chi connectivity index (χ3n) is 1.96. The molecule has 1 aromatic carbocycles. The van der Waals surface area contributed by atoms with Crippen molar-refractivity contribution in [3.05, 3.63) is 24.3 Å². The highest BCUT2D eigenvalue weighted by Gasteiger charge is 2.20. The number of carbonyl (C=O) groups excluding carboxylic acids is 1. The van der Waals surface area contributed by atoms with Gasteiger partial charge in [-0.05, 0) is 12.1 Å². The van der Waals surface area contributed by atoms with Crippen LogP contribution in [0.15, 0.2) is 24.3 Å². The van der Waals surface area contributed by atoms with Gasteiger partial charge in [0.25, 0.3) is 0 Å². The molecule has 1 heterocycles. The molecular weight excluding hydrogens is 184 g/mol. The summed E-state index contributed by atoms with van der Waals surface area (Å²) in [6.07, 6.45) is -0.594. The maximum Gasteiger partial charge on any atom is 0.161 e. The van der Waals surface area contributed by atoms with Crippen molar-refractivity contribution in [3.63, 3.8) is 0 Å². The lowest BCUT2D eigenvalue weighted by Gasteiger charge is -2.26. The van der Waals surface area contributed by atoms with Crippen molar-refractivity contribution < 1.29 is 19.4 Å². The summed E-state index contributed by atoms with van der Waals surface area (Å²) in [5.41, 5.74) is 0. The van der Waals surface area contributed by atoms with E-state index in [-0.39, 0.29) is 13.0 Å². The van der Waals surface area contributed by atoms with E-state index >= 15 is 0 Å². The number of hydrogen-bond donors (Lipinski definition) is 0. The van der Waals surface area contributed by atoms with Gasteiger partial charge in [0, 0.05) is 12.4 Å². The quantitative estimate of drug-likeness (QED) is 0.661. The minimum absolute atomic E-state index is 0.145. The normalized spacial score (nSPS) is 19.0. The molecule has 1 atom stereocenters. The summed E-state index contributed by atoms with van der Waals surface area (Å²) in [4.78, 5) is 10.3. The van der Waals surface area contributed by atoms with E-state index in [1.54, 1.807) is 12.1 Å². The predicted octanol–water partition coefficient (Wildman–Crippen LogP) is -0.0336. The van der Waals surface area contributed by atoms with Crippen LogP contribution >= 0.6 is 0 Å². The van der Waals surface area contributed by atoms with Crippen molar-refractivity contribution in [3.8, 4) is 11.5 Å². The van der Waals surface area contributed by atoms with Crippen LogP contribution in [0.2, 0.25) is 0 Å². The molecule has 74 valence electrons. The summed E-state index contributed by atoms with van der Waals surface area (Å²) in [7, 11) is 0. The molecule has 1 aliphatic rings. The lowest BCUT2D eigenvalue weighted by Crippen LogP contribution is -2.36. The van der Waals surface area contributed by atoms with Crippen LogP contribution in [0.3, 0.4) is 0 Å². The summed E-state index contributed by atoms with van der Waals surface area (Å²) in [6.45, 7) is 0.255. The van der Waals surface area contributed by atoms with E-state index in [4.69, 9.17) is 9.47 Å². The van der Waals surface area contributed by atoms with Gasteiger partial charge >= 0.3 is 0 Å². The van der Waals surface area contributed by atoms with E-state index in [0.29, 0.717) is 11.5 Å². The Morgan fingerprint density at radius 2 is 2.14 bits per heavy atom. The smallest absolute Gasteiger partial charge is 0.161 e. The van der Waals surface area contributed by atoms with Crippen LogP contribution in [-0.2, 0) is 4.79 Å². The van der Waals surface area contributed by atoms with Crippen LogP contribution < -0.4 is 14.6 Å². The molecule has 0 radical (unpaired) electrons. The largest absolute Gasteiger partial charge is 0.550 e. The first-order valence-electron chi connectivity index (χ1n) is 4.34. The number of rotatable bonds is 2. The molecular formula is C10H9O4-. The highest BCUT2D eigenvalue weighted by atomic mass is 16.6. The van der Waals surface area contributed by atoms with Gasteiger partial charge in [-0.1, -0.05) is 12.1 Å². The van der Waals surface area contributed by atoms with Gasteiger partial charge in [0.1, 0.15) is 12.7 Å². The Bertz CT molecular complexity index is 348. The number of benzene rings is 1. The van der Waals surface area contributed by atoms with E-state index < -0.39 is 12.1 Å². The SMILES string of the molecule is O=C([O-])C[C@@H]1COc2ccccc2O1. The second kappa shape index (κ2) is 3.57. The first-order chi connectivity index (χ1) is 6.75. The first kappa shape index (κ1) is 8.87. The Kier molecular flexibility index (Phi) is 2.26. The third-order valence-corrected chi connectivity index (χ3v) is 1.96. The van der Waals surface area contributed by atoms with Gasteiger partial charge in [-0.2, -0.15) is 0 Å². The van der Waals surface area contributed by atoms with Gasteiger partial charge in [-0.15, -0.1) is 0 Å². The Morgan fingerprint density at radius 3 is 2.86 bits per heavy atom. The summed E-state index contributed by atoms with van der Waals surface area (Å²) in [6, 6.07) is 7.17. The number of ether oxygens (including phenoxy) is 2. The van der Waals surface area contributed by atoms with Gasteiger partial charge in [0.2, 0.25) is 0 Å². The molecule has 0 unspecified atom stereocenters. The summed E-state index contributed by atoms with van der Waals surface area (Å²) in [5, 5.41) is 10.3. The molecule has 14 heavy (non-hydrogen) atoms. The predicted molar refractivity (Wildman–Crippen MR) is 46.0 cm³/mol. The maximum absolute atomic E-state index is 10.3. The van der Waals surface area contributed by atoms with E-state index in [1.807, 2.05) is 12.1 Å². The molecule has 1 aliphatic heterocycles. The van der Waals surface area contributed by atoms with Crippen molar-refractivity contribution >= 4 is 5.97 Å². The lowest BCUT2D eigenvalue weighted by molar-refractivity contribution is -0.307. The van der Waals surface area contributed by atoms with Crippen LogP contribution in [0.25, 0.3) is 0 Å². The van der Waals surface area contributed by atoms with Crippen molar-refractivity contribution in [2.45, 2.75) is 12.5 Å². The molecule has 1 aromatic rings. The van der Waals surface area contributed by atoms with E-state index in [9.17, 15) is 9.90 Å². The summed E-state index contributed by atoms with van der Waals surface area (Å²) in [5.74, 6) is 0.116. The minimum atomic E-state index is -1.13. The van der Waals surface area contributed by atoms with Crippen LogP contribution in [0.4, 0.5) is 0 Å². The molecule has 0 spiro atoms. The highest BCUT2D eigenvalue weighted by molar-refractivity contribution is 5.65. The standard InChI is InChI=1S/C10H10O4/c11-10(12)5-7-6-13-8-3-1-2-4-9(8)14-7/h1-4,7H,5-6H2,(H,11,12)/p-1/t7-/m1/s1. The zero-order valence-corrected chi connectivity index (χ0v) is 7.43. The highest BCUT2D eigenvalue weighted by Crippen LogP contribution is 2.31. The Balaban J connectivity index is 2.09. The van der Waals surface area contributed by atoms with Gasteiger partial charge in [0.15, 0.2) is 11.5 Å². The Morgan fingerprint density at radius 1 is 1.43 bits per heavy atom. The minimum Gasteiger partial charge on any atom is -0.550 e. The van der Waals surface area contributed by atoms with Crippen LogP contribution in [0.5, 0.6) is 11.5 Å². The fourth-order valence-electron chi connectivity index (χ4n) is 1.35. The van der Waals surface area contributed by atoms with E-state index in [2.05, 4.69) is 0 Å². The topological polar surface area (TPSA) is 58.6 Å². The number of carbonyl (C=O) groups is 1. The molecule has 0 aromatic heterocycles. The number of fused-ring (bicyclic) bond motifs is 1. The first-order valence-corrected chi connectivity index (χ1v) is 4.34. The molecule has 0 saturated heterocycles. The van der Waals surface area contributed by atoms with E-state index in [0.717, 1.165) is 0 Å². The zero-order valence-electron chi connectivity index (χ0n) is 7.43. The molecule has 0 fully saturated rings. The molecule has 0 N–H and O–H groups in total. The van der Waals surface area contributed by atoms with Crippen molar-refractivity contribution in [2.24, 2.45) is 0 Å². The van der Waals surface area contributed by atoms with Gasteiger partial charge in [0.05, 0.1) is 0 Å². The van der Waals surface area contributed by atoms with Crippen molar-refractivity contribution in [1.29, 1.82) is 0 Å². The van der Waals surface area contributed by atoms with Gasteiger partial charge in [-0.25, -0.2) is 0 Å². The van der Waals surface area contributed by atoms with Crippen LogP contribution in [0, 0.1) is 0 Å². The van der Waals surface area contributed by atoms with Crippen molar-refractivity contribution in [1.82, 2.24) is 0 Å². The number of aliphatic carboxylic acids is 1. The monoisotopic (exact) mass is 193 g/mol. The van der Waals surface area contributed by atoms with Crippen LogP contribution in [-0.4, -0.2) is 18.7 Å². The number of carboxylic acids is 1. The molecule has 4 nitrogen and oxygen atoms in total. The van der Waals surface area contributed by atoms with Gasteiger partial charge in [-0.3, -0.25) is 0 Å². The second-order valence-corrected chi connectivity index (χ2v) is 3.07. The zero-order chi connectivity index (χ0) is 9.97. The number of hydrogen-bond acceptors (Lipinski definition) is 4. The lowest BCUT2D eigenvalue weighted by atomic mass is 10.2. The number of carboxylic acid groups (broad SMARTS) is 1. The summed E-state index contributed by atoms with van der Waals surface area (Å²) < 4.78 is 10.7. The third kappa shape index (κ3) is 1.79. The summed E-state index contributed by atoms with van der Waals surface area (Å²) >= 11 is 0. The molecule has 2 rings (SSSR count). The Labute approximate surface area is 81.1 Å².